The van der Waals surface area contributed by atoms with Crippen molar-refractivity contribution in [2.45, 2.75) is 24.9 Å². The molecule has 14 heteroatoms. The molecule has 10 N–H and O–H groups in total. The molecular formula is C28H38N6O6S2. The molecule has 2 aromatic rings. The van der Waals surface area contributed by atoms with Crippen LogP contribution in [0.2, 0.25) is 0 Å². The molecule has 0 heterocycles. The zero-order chi connectivity index (χ0) is 30.8. The number of carbonyl (C=O) groups excluding carboxylic acids is 4. The van der Waals surface area contributed by atoms with Crippen molar-refractivity contribution in [1.29, 1.82) is 0 Å². The molecule has 0 aliphatic heterocycles. The number of aromatic hydroxyl groups is 2. The molecular weight excluding hydrogens is 580 g/mol. The van der Waals surface area contributed by atoms with E-state index in [9.17, 15) is 29.4 Å². The van der Waals surface area contributed by atoms with Crippen molar-refractivity contribution >= 4 is 58.3 Å². The van der Waals surface area contributed by atoms with Crippen LogP contribution in [0.4, 0.5) is 11.4 Å². The highest BCUT2D eigenvalue weighted by Crippen LogP contribution is 2.42. The van der Waals surface area contributed by atoms with E-state index in [0.717, 1.165) is 23.6 Å². The second-order valence-corrected chi connectivity index (χ2v) is 11.6. The molecule has 1 aliphatic rings. The zero-order valence-electron chi connectivity index (χ0n) is 23.6. The summed E-state index contributed by atoms with van der Waals surface area (Å²) < 4.78 is 0. The van der Waals surface area contributed by atoms with Crippen molar-refractivity contribution in [1.82, 2.24) is 10.6 Å². The Morgan fingerprint density at radius 1 is 0.690 bits per heavy atom. The Hall–Kier alpha value is -3.46. The summed E-state index contributed by atoms with van der Waals surface area (Å²) in [5.74, 6) is -1.19. The Bertz CT molecular complexity index is 1230. The first-order valence-corrected chi connectivity index (χ1v) is 16.2. The van der Waals surface area contributed by atoms with E-state index in [0.29, 0.717) is 24.2 Å². The molecule has 3 rings (SSSR count). The lowest BCUT2D eigenvalue weighted by atomic mass is 9.81. The number of thioether (sulfide) groups is 2. The highest BCUT2D eigenvalue weighted by molar-refractivity contribution is 7.98. The van der Waals surface area contributed by atoms with Crippen molar-refractivity contribution in [2.24, 2.45) is 11.5 Å². The van der Waals surface area contributed by atoms with Gasteiger partial charge in [-0.05, 0) is 61.1 Å². The molecule has 0 radical (unpaired) electrons. The fraction of sp³-hybridized carbons (Fsp3) is 0.429. The maximum absolute atomic E-state index is 13.7. The molecule has 228 valence electrons. The van der Waals surface area contributed by atoms with Crippen LogP contribution in [0.25, 0.3) is 0 Å². The fourth-order valence-electron chi connectivity index (χ4n) is 4.44. The summed E-state index contributed by atoms with van der Waals surface area (Å²) in [6, 6.07) is 4.28. The number of benzene rings is 2. The van der Waals surface area contributed by atoms with Crippen molar-refractivity contribution in [3.05, 3.63) is 46.5 Å². The number of carbonyl (C=O) groups is 4. The Morgan fingerprint density at radius 3 is 1.43 bits per heavy atom. The van der Waals surface area contributed by atoms with E-state index in [4.69, 9.17) is 11.5 Å². The predicted octanol–water partition coefficient (Wildman–Crippen LogP) is 1.09. The quantitative estimate of drug-likeness (QED) is 0.0838. The number of fused-ring (bicyclic) bond motifs is 2. The van der Waals surface area contributed by atoms with Gasteiger partial charge in [-0.1, -0.05) is 0 Å². The number of rotatable bonds is 16. The Kier molecular flexibility index (Phi) is 12.3. The van der Waals surface area contributed by atoms with Crippen molar-refractivity contribution in [3.8, 4) is 11.5 Å². The summed E-state index contributed by atoms with van der Waals surface area (Å²) in [6.45, 7) is 0.876. The number of anilines is 2. The van der Waals surface area contributed by atoms with Gasteiger partial charge in [-0.15, -0.1) is 0 Å². The maximum Gasteiger partial charge on any atom is 0.237 e. The number of phenolic OH excluding ortho intramolecular Hbond substituents is 2. The van der Waals surface area contributed by atoms with Crippen LogP contribution in [0.15, 0.2) is 24.3 Å². The predicted molar refractivity (Wildman–Crippen MR) is 168 cm³/mol. The number of ketones is 2. The second-order valence-electron chi connectivity index (χ2n) is 9.63. The van der Waals surface area contributed by atoms with Crippen LogP contribution in [0.3, 0.4) is 0 Å². The van der Waals surface area contributed by atoms with Gasteiger partial charge in [-0.3, -0.25) is 19.2 Å². The van der Waals surface area contributed by atoms with E-state index >= 15 is 0 Å². The van der Waals surface area contributed by atoms with E-state index in [2.05, 4.69) is 21.3 Å². The number of hydrogen-bond donors (Lipinski definition) is 8. The second kappa shape index (κ2) is 15.7. The van der Waals surface area contributed by atoms with Crippen molar-refractivity contribution in [2.75, 3.05) is 60.8 Å². The lowest BCUT2D eigenvalue weighted by molar-refractivity contribution is -0.123. The Balaban J connectivity index is 1.79. The first-order chi connectivity index (χ1) is 20.1. The van der Waals surface area contributed by atoms with Crippen LogP contribution in [0.1, 0.15) is 44.7 Å². The highest BCUT2D eigenvalue weighted by Gasteiger charge is 2.38. The van der Waals surface area contributed by atoms with Gasteiger partial charge in [0.2, 0.25) is 23.4 Å². The lowest BCUT2D eigenvalue weighted by Gasteiger charge is -2.25. The number of amides is 2. The van der Waals surface area contributed by atoms with Gasteiger partial charge in [0.25, 0.3) is 0 Å². The molecule has 0 bridgehead atoms. The van der Waals surface area contributed by atoms with Crippen molar-refractivity contribution < 1.29 is 29.4 Å². The topological polar surface area (TPSA) is 209 Å². The average molecular weight is 619 g/mol. The van der Waals surface area contributed by atoms with Crippen LogP contribution in [-0.4, -0.2) is 95.9 Å². The average Bonchev–Trinajstić information content (AvgIpc) is 2.98. The third-order valence-corrected chi connectivity index (χ3v) is 7.98. The van der Waals surface area contributed by atoms with Crippen molar-refractivity contribution in [3.63, 3.8) is 0 Å². The fourth-order valence-corrected chi connectivity index (χ4v) is 5.42. The third kappa shape index (κ3) is 7.88. The minimum Gasteiger partial charge on any atom is -0.507 e. The van der Waals surface area contributed by atoms with Crippen LogP contribution >= 0.6 is 23.5 Å². The van der Waals surface area contributed by atoms with E-state index < -0.39 is 35.1 Å². The van der Waals surface area contributed by atoms with Gasteiger partial charge in [-0.2, -0.15) is 23.5 Å². The number of nitrogens with one attached hydrogen (secondary N) is 4. The van der Waals surface area contributed by atoms with Gasteiger partial charge in [0.1, 0.15) is 11.5 Å². The number of phenols is 2. The summed E-state index contributed by atoms with van der Waals surface area (Å²) in [4.78, 5) is 51.8. The molecule has 42 heavy (non-hydrogen) atoms. The Morgan fingerprint density at radius 2 is 1.07 bits per heavy atom. The molecule has 0 unspecified atom stereocenters. The van der Waals surface area contributed by atoms with E-state index in [-0.39, 0.29) is 60.2 Å². The van der Waals surface area contributed by atoms with Gasteiger partial charge in [-0.25, -0.2) is 0 Å². The summed E-state index contributed by atoms with van der Waals surface area (Å²) in [7, 11) is 0. The molecule has 0 spiro atoms. The smallest absolute Gasteiger partial charge is 0.237 e. The van der Waals surface area contributed by atoms with E-state index in [1.165, 1.54) is 0 Å². The molecule has 0 saturated heterocycles. The molecule has 2 amide bonds. The Labute approximate surface area is 253 Å². The zero-order valence-corrected chi connectivity index (χ0v) is 25.3. The normalized spacial score (nSPS) is 13.5. The van der Waals surface area contributed by atoms with Gasteiger partial charge >= 0.3 is 0 Å². The SMILES string of the molecule is CSCC[C@@H](N)C(=O)NCCNc1ccc(NCCNC(=O)[C@H](N)CCSC)c2c1C(=O)c1c(O)ccc(O)c1C2=O. The molecule has 0 saturated carbocycles. The summed E-state index contributed by atoms with van der Waals surface area (Å²) in [5, 5.41) is 32.5. The summed E-state index contributed by atoms with van der Waals surface area (Å²) in [5.41, 5.74) is 11.9. The molecule has 2 atom stereocenters. The largest absolute Gasteiger partial charge is 0.507 e. The van der Waals surface area contributed by atoms with Gasteiger partial charge in [0.05, 0.1) is 34.3 Å². The van der Waals surface area contributed by atoms with Crippen LogP contribution in [0, 0.1) is 0 Å². The standard InChI is InChI=1S/C28H38N6O6S2/c1-41-13-7-15(29)27(39)33-11-9-31-17-3-4-18(32-10-12-34-28(40)16(30)8-14-42-2)22-21(17)25(37)23-19(35)5-6-20(36)24(23)26(22)38/h3-6,15-16,31-32,35-36H,7-14,29-30H2,1-2H3,(H,33,39)(H,34,40)/t15-,16-/m1/s1. The summed E-state index contributed by atoms with van der Waals surface area (Å²) in [6.07, 6.45) is 4.96. The third-order valence-electron chi connectivity index (χ3n) is 6.69. The van der Waals surface area contributed by atoms with E-state index in [1.807, 2.05) is 12.5 Å². The number of hydrogen-bond acceptors (Lipinski definition) is 12. The maximum atomic E-state index is 13.7. The van der Waals surface area contributed by atoms with E-state index in [1.54, 1.807) is 35.7 Å². The molecule has 2 aromatic carbocycles. The molecule has 0 aromatic heterocycles. The molecule has 12 nitrogen and oxygen atoms in total. The monoisotopic (exact) mass is 618 g/mol. The van der Waals surface area contributed by atoms with Gasteiger partial charge in [0.15, 0.2) is 0 Å². The van der Waals surface area contributed by atoms with Crippen LogP contribution in [0.5, 0.6) is 11.5 Å². The first kappa shape index (κ1) is 33.0. The molecule has 1 aliphatic carbocycles. The summed E-state index contributed by atoms with van der Waals surface area (Å²) >= 11 is 3.20. The molecule has 0 fully saturated rings. The number of nitrogens with two attached hydrogens (primary N) is 2. The minimum atomic E-state index is -0.643. The van der Waals surface area contributed by atoms with Crippen LogP contribution in [-0.2, 0) is 9.59 Å². The highest BCUT2D eigenvalue weighted by atomic mass is 32.2. The lowest BCUT2D eigenvalue weighted by Crippen LogP contribution is -2.42. The minimum absolute atomic E-state index is 0.0181. The van der Waals surface area contributed by atoms with Gasteiger partial charge < -0.3 is 42.9 Å². The van der Waals surface area contributed by atoms with Crippen LogP contribution < -0.4 is 32.7 Å². The van der Waals surface area contributed by atoms with Gasteiger partial charge in [0, 0.05) is 37.6 Å². The first-order valence-electron chi connectivity index (χ1n) is 13.5.